The molecule has 0 unspecified atom stereocenters. The molecular formula is C23H17N3O. The highest BCUT2D eigenvalue weighted by Gasteiger charge is 2.40. The van der Waals surface area contributed by atoms with Gasteiger partial charge >= 0.3 is 0 Å². The molecular weight excluding hydrogens is 334 g/mol. The zero-order chi connectivity index (χ0) is 18.2. The molecule has 130 valence electrons. The van der Waals surface area contributed by atoms with E-state index in [0.717, 1.165) is 34.6 Å². The maximum absolute atomic E-state index is 9.07. The van der Waals surface area contributed by atoms with Crippen LogP contribution < -0.4 is 4.74 Å². The molecule has 0 saturated heterocycles. The number of fused-ring (bicyclic) bond motifs is 3. The minimum Gasteiger partial charge on any atom is -0.464 e. The molecule has 0 aromatic heterocycles. The first-order valence-electron chi connectivity index (χ1n) is 9.00. The molecule has 2 heterocycles. The van der Waals surface area contributed by atoms with Gasteiger partial charge in [0.05, 0.1) is 23.4 Å². The molecule has 2 aliphatic rings. The van der Waals surface area contributed by atoms with Crippen molar-refractivity contribution in [3.63, 3.8) is 0 Å². The second kappa shape index (κ2) is 6.30. The predicted octanol–water partition coefficient (Wildman–Crippen LogP) is 4.80. The van der Waals surface area contributed by atoms with Crippen LogP contribution in [0, 0.1) is 11.3 Å². The summed E-state index contributed by atoms with van der Waals surface area (Å²) < 4.78 is 6.33. The lowest BCUT2D eigenvalue weighted by Gasteiger charge is -2.38. The summed E-state index contributed by atoms with van der Waals surface area (Å²) in [6, 6.07) is 28.3. The first kappa shape index (κ1) is 15.7. The van der Waals surface area contributed by atoms with E-state index in [1.807, 2.05) is 60.7 Å². The molecule has 27 heavy (non-hydrogen) atoms. The van der Waals surface area contributed by atoms with Gasteiger partial charge in [-0.25, -0.2) is 5.01 Å². The first-order valence-corrected chi connectivity index (χ1v) is 9.00. The van der Waals surface area contributed by atoms with Gasteiger partial charge in [0, 0.05) is 17.5 Å². The van der Waals surface area contributed by atoms with Gasteiger partial charge in [0.25, 0.3) is 0 Å². The fraction of sp³-hybridized carbons (Fsp3) is 0.130. The van der Waals surface area contributed by atoms with Crippen molar-refractivity contribution in [2.24, 2.45) is 5.10 Å². The number of nitriles is 1. The van der Waals surface area contributed by atoms with Crippen molar-refractivity contribution in [3.05, 3.63) is 101 Å². The zero-order valence-electron chi connectivity index (χ0n) is 14.6. The van der Waals surface area contributed by atoms with Crippen LogP contribution in [0.4, 0.5) is 0 Å². The molecule has 0 bridgehead atoms. The van der Waals surface area contributed by atoms with E-state index in [0.29, 0.717) is 5.56 Å². The fourth-order valence-corrected chi connectivity index (χ4v) is 3.78. The van der Waals surface area contributed by atoms with E-state index in [1.165, 1.54) is 0 Å². The van der Waals surface area contributed by atoms with E-state index >= 15 is 0 Å². The van der Waals surface area contributed by atoms with Gasteiger partial charge in [0.15, 0.2) is 0 Å². The lowest BCUT2D eigenvalue weighted by Crippen LogP contribution is -2.33. The van der Waals surface area contributed by atoms with Crippen LogP contribution in [0.25, 0.3) is 0 Å². The van der Waals surface area contributed by atoms with Crippen LogP contribution in [0.3, 0.4) is 0 Å². The summed E-state index contributed by atoms with van der Waals surface area (Å²) in [7, 11) is 0. The Bertz CT molecular complexity index is 1050. The van der Waals surface area contributed by atoms with Crippen molar-refractivity contribution in [3.8, 4) is 11.8 Å². The van der Waals surface area contributed by atoms with Gasteiger partial charge in [-0.1, -0.05) is 60.7 Å². The number of ether oxygens (including phenoxy) is 1. The second-order valence-electron chi connectivity index (χ2n) is 6.75. The molecule has 3 aromatic rings. The van der Waals surface area contributed by atoms with Gasteiger partial charge in [-0.05, 0) is 23.8 Å². The fourth-order valence-electron chi connectivity index (χ4n) is 3.78. The Labute approximate surface area is 157 Å². The van der Waals surface area contributed by atoms with Crippen molar-refractivity contribution in [1.29, 1.82) is 5.26 Å². The van der Waals surface area contributed by atoms with Crippen LogP contribution in [0.5, 0.6) is 5.75 Å². The molecule has 3 aromatic carbocycles. The van der Waals surface area contributed by atoms with Gasteiger partial charge in [-0.3, -0.25) is 0 Å². The standard InChI is InChI=1S/C23H17N3O/c24-15-16-10-12-18(13-11-16)23-26-21(19-8-4-5-9-22(19)27-23)14-20(25-26)17-6-2-1-3-7-17/h1-13,21,23H,14H2/t21-,23-/m0/s1. The zero-order valence-corrected chi connectivity index (χ0v) is 14.6. The minimum atomic E-state index is -0.307. The van der Waals surface area contributed by atoms with E-state index < -0.39 is 0 Å². The summed E-state index contributed by atoms with van der Waals surface area (Å²) in [6.45, 7) is 0. The van der Waals surface area contributed by atoms with Crippen molar-refractivity contribution >= 4 is 5.71 Å². The average molecular weight is 351 g/mol. The number of hydrogen-bond acceptors (Lipinski definition) is 4. The van der Waals surface area contributed by atoms with E-state index in [-0.39, 0.29) is 12.3 Å². The lowest BCUT2D eigenvalue weighted by atomic mass is 9.96. The minimum absolute atomic E-state index is 0.144. The average Bonchev–Trinajstić information content (AvgIpc) is 3.20. The summed E-state index contributed by atoms with van der Waals surface area (Å²) in [4.78, 5) is 0. The first-order chi connectivity index (χ1) is 13.3. The van der Waals surface area contributed by atoms with Crippen LogP contribution in [-0.2, 0) is 0 Å². The Hall–Kier alpha value is -3.58. The number of benzene rings is 3. The third-order valence-electron chi connectivity index (χ3n) is 5.13. The number of hydrogen-bond donors (Lipinski definition) is 0. The van der Waals surface area contributed by atoms with E-state index in [1.54, 1.807) is 0 Å². The summed E-state index contributed by atoms with van der Waals surface area (Å²) >= 11 is 0. The third kappa shape index (κ3) is 2.65. The number of hydrazone groups is 1. The Morgan fingerprint density at radius 1 is 0.926 bits per heavy atom. The summed E-state index contributed by atoms with van der Waals surface area (Å²) in [5.41, 5.74) is 5.01. The third-order valence-corrected chi connectivity index (χ3v) is 5.13. The maximum atomic E-state index is 9.07. The highest BCUT2D eigenvalue weighted by molar-refractivity contribution is 6.01. The predicted molar refractivity (Wildman–Crippen MR) is 103 cm³/mol. The van der Waals surface area contributed by atoms with Crippen LogP contribution in [-0.4, -0.2) is 10.7 Å². The Morgan fingerprint density at radius 3 is 2.44 bits per heavy atom. The molecule has 0 amide bonds. The van der Waals surface area contributed by atoms with E-state index in [4.69, 9.17) is 15.1 Å². The Balaban J connectivity index is 1.59. The van der Waals surface area contributed by atoms with Crippen LogP contribution in [0.2, 0.25) is 0 Å². The van der Waals surface area contributed by atoms with Gasteiger partial charge < -0.3 is 4.74 Å². The number of para-hydroxylation sites is 1. The summed E-state index contributed by atoms with van der Waals surface area (Å²) in [6.07, 6.45) is 0.538. The molecule has 4 heteroatoms. The number of nitrogens with zero attached hydrogens (tertiary/aromatic N) is 3. The second-order valence-corrected chi connectivity index (χ2v) is 6.75. The van der Waals surface area contributed by atoms with Crippen molar-refractivity contribution in [1.82, 2.24) is 5.01 Å². The van der Waals surface area contributed by atoms with Crippen LogP contribution in [0.15, 0.2) is 84.0 Å². The largest absolute Gasteiger partial charge is 0.464 e. The van der Waals surface area contributed by atoms with Gasteiger partial charge in [-0.15, -0.1) is 0 Å². The van der Waals surface area contributed by atoms with Crippen LogP contribution >= 0.6 is 0 Å². The molecule has 0 saturated carbocycles. The van der Waals surface area contributed by atoms with Crippen molar-refractivity contribution in [2.45, 2.75) is 18.7 Å². The summed E-state index contributed by atoms with van der Waals surface area (Å²) in [5.74, 6) is 0.901. The molecule has 4 nitrogen and oxygen atoms in total. The Morgan fingerprint density at radius 2 is 1.67 bits per heavy atom. The Kier molecular flexibility index (Phi) is 3.65. The quantitative estimate of drug-likeness (QED) is 0.666. The van der Waals surface area contributed by atoms with Crippen molar-refractivity contribution in [2.75, 3.05) is 0 Å². The molecule has 5 rings (SSSR count). The molecule has 2 aliphatic heterocycles. The maximum Gasteiger partial charge on any atom is 0.213 e. The number of rotatable bonds is 2. The monoisotopic (exact) mass is 351 g/mol. The highest BCUT2D eigenvalue weighted by atomic mass is 16.5. The lowest BCUT2D eigenvalue weighted by molar-refractivity contribution is -0.0190. The van der Waals surface area contributed by atoms with Crippen molar-refractivity contribution < 1.29 is 4.74 Å². The molecule has 0 fully saturated rings. The molecule has 0 aliphatic carbocycles. The molecule has 0 N–H and O–H groups in total. The highest BCUT2D eigenvalue weighted by Crippen LogP contribution is 2.47. The normalized spacial score (nSPS) is 20.1. The topological polar surface area (TPSA) is 48.6 Å². The van der Waals surface area contributed by atoms with Gasteiger partial charge in [0.1, 0.15) is 5.75 Å². The van der Waals surface area contributed by atoms with Gasteiger partial charge in [-0.2, -0.15) is 10.4 Å². The molecule has 2 atom stereocenters. The van der Waals surface area contributed by atoms with Gasteiger partial charge in [0.2, 0.25) is 6.23 Å². The SMILES string of the molecule is N#Cc1ccc([C@@H]2Oc3ccccc3[C@@H]3CC(c4ccccc4)=NN32)cc1. The van der Waals surface area contributed by atoms with E-state index in [2.05, 4.69) is 29.3 Å². The molecule has 0 spiro atoms. The van der Waals surface area contributed by atoms with E-state index in [9.17, 15) is 0 Å². The summed E-state index contributed by atoms with van der Waals surface area (Å²) in [5, 5.41) is 16.1. The van der Waals surface area contributed by atoms with Crippen LogP contribution in [0.1, 0.15) is 40.9 Å². The smallest absolute Gasteiger partial charge is 0.213 e. The molecule has 0 radical (unpaired) electrons.